The zero-order valence-electron chi connectivity index (χ0n) is 21.2. The van der Waals surface area contributed by atoms with Crippen molar-refractivity contribution in [1.82, 2.24) is 15.5 Å². The van der Waals surface area contributed by atoms with E-state index in [4.69, 9.17) is 4.74 Å². The highest BCUT2D eigenvalue weighted by atomic mass is 32.2. The SMILES string of the molecule is CC[C@H](C)NC(=O)CSC1=Nc2ccccc2C2=N[C@H](CCC(=O)NCc3ccc(OC)cc3)C(=O)N12. The van der Waals surface area contributed by atoms with E-state index in [1.54, 1.807) is 7.11 Å². The molecule has 2 heterocycles. The molecule has 0 bridgehead atoms. The molecular formula is C27H31N5O4S. The van der Waals surface area contributed by atoms with E-state index in [-0.39, 0.29) is 42.4 Å². The molecule has 0 aliphatic carbocycles. The van der Waals surface area contributed by atoms with Crippen LogP contribution >= 0.6 is 11.8 Å². The summed E-state index contributed by atoms with van der Waals surface area (Å²) in [7, 11) is 1.61. The first kappa shape index (κ1) is 26.4. The minimum Gasteiger partial charge on any atom is -0.497 e. The molecule has 0 radical (unpaired) electrons. The van der Waals surface area contributed by atoms with Crippen LogP contribution in [0, 0.1) is 0 Å². The number of benzene rings is 2. The number of hydrogen-bond donors (Lipinski definition) is 2. The van der Waals surface area contributed by atoms with Gasteiger partial charge in [0.1, 0.15) is 17.6 Å². The van der Waals surface area contributed by atoms with E-state index in [1.165, 1.54) is 16.7 Å². The van der Waals surface area contributed by atoms with Crippen LogP contribution in [0.4, 0.5) is 5.69 Å². The van der Waals surface area contributed by atoms with Gasteiger partial charge in [0, 0.05) is 24.6 Å². The standard InChI is InChI=1S/C27H31N5O4S/c1-4-17(2)29-24(34)16-37-27-31-21-8-6-5-7-20(21)25-30-22(26(35)32(25)27)13-14-23(33)28-15-18-9-11-19(36-3)12-10-18/h5-12,17,22H,4,13-16H2,1-3H3,(H,28,33)(H,29,34)/t17-,22+/m0/s1. The van der Waals surface area contributed by atoms with Gasteiger partial charge in [-0.05, 0) is 49.6 Å². The maximum atomic E-state index is 13.4. The minimum absolute atomic E-state index is 0.0768. The number of hydrogen-bond acceptors (Lipinski definition) is 7. The maximum Gasteiger partial charge on any atom is 0.259 e. The molecule has 3 amide bonds. The monoisotopic (exact) mass is 521 g/mol. The van der Waals surface area contributed by atoms with E-state index in [2.05, 4.69) is 20.6 Å². The van der Waals surface area contributed by atoms with E-state index in [0.717, 1.165) is 23.3 Å². The fourth-order valence-electron chi connectivity index (χ4n) is 3.94. The highest BCUT2D eigenvalue weighted by Crippen LogP contribution is 2.34. The number of carbonyl (C=O) groups is 3. The van der Waals surface area contributed by atoms with Gasteiger partial charge in [0.25, 0.3) is 5.91 Å². The van der Waals surface area contributed by atoms with Gasteiger partial charge < -0.3 is 15.4 Å². The normalized spacial score (nSPS) is 16.8. The quantitative estimate of drug-likeness (QED) is 0.498. The van der Waals surface area contributed by atoms with E-state index in [0.29, 0.717) is 23.2 Å². The summed E-state index contributed by atoms with van der Waals surface area (Å²) < 4.78 is 5.15. The zero-order chi connectivity index (χ0) is 26.4. The smallest absolute Gasteiger partial charge is 0.259 e. The Hall–Kier alpha value is -3.66. The third kappa shape index (κ3) is 6.37. The van der Waals surface area contributed by atoms with Crippen molar-refractivity contribution in [1.29, 1.82) is 0 Å². The van der Waals surface area contributed by atoms with E-state index >= 15 is 0 Å². The van der Waals surface area contributed by atoms with Crippen molar-refractivity contribution in [2.45, 2.75) is 51.7 Å². The van der Waals surface area contributed by atoms with Crippen LogP contribution in [0.3, 0.4) is 0 Å². The number of amidine groups is 2. The van der Waals surface area contributed by atoms with Gasteiger partial charge >= 0.3 is 0 Å². The lowest BCUT2D eigenvalue weighted by Crippen LogP contribution is -2.42. The molecule has 0 fully saturated rings. The molecule has 2 aromatic carbocycles. The molecule has 4 rings (SSSR count). The summed E-state index contributed by atoms with van der Waals surface area (Å²) in [5.41, 5.74) is 2.42. The zero-order valence-corrected chi connectivity index (χ0v) is 22.0. The Morgan fingerprint density at radius 1 is 1.14 bits per heavy atom. The number of carbonyl (C=O) groups excluding carboxylic acids is 3. The minimum atomic E-state index is -0.687. The van der Waals surface area contributed by atoms with Crippen LogP contribution in [0.2, 0.25) is 0 Å². The van der Waals surface area contributed by atoms with E-state index in [1.807, 2.05) is 62.4 Å². The molecule has 2 N–H and O–H groups in total. The summed E-state index contributed by atoms with van der Waals surface area (Å²) in [6.45, 7) is 4.34. The van der Waals surface area contributed by atoms with Crippen molar-refractivity contribution >= 4 is 46.2 Å². The number of fused-ring (bicyclic) bond motifs is 3. The number of rotatable bonds is 10. The van der Waals surface area contributed by atoms with Crippen LogP contribution in [-0.4, -0.2) is 58.6 Å². The molecule has 2 atom stereocenters. The molecule has 2 aliphatic heterocycles. The number of amides is 3. The third-order valence-corrected chi connectivity index (χ3v) is 7.13. The number of ether oxygens (including phenoxy) is 1. The fourth-order valence-corrected chi connectivity index (χ4v) is 4.75. The van der Waals surface area contributed by atoms with Crippen LogP contribution in [0.1, 0.15) is 44.2 Å². The van der Waals surface area contributed by atoms with Crippen LogP contribution in [-0.2, 0) is 20.9 Å². The topological polar surface area (TPSA) is 112 Å². The molecule has 0 aromatic heterocycles. The van der Waals surface area contributed by atoms with Crippen molar-refractivity contribution in [2.24, 2.45) is 9.98 Å². The summed E-state index contributed by atoms with van der Waals surface area (Å²) in [5, 5.41) is 6.25. The van der Waals surface area contributed by atoms with Crippen LogP contribution in [0.25, 0.3) is 0 Å². The number of thioether (sulfide) groups is 1. The number of para-hydroxylation sites is 1. The van der Waals surface area contributed by atoms with Crippen LogP contribution in [0.15, 0.2) is 58.5 Å². The van der Waals surface area contributed by atoms with E-state index in [9.17, 15) is 14.4 Å². The first-order valence-electron chi connectivity index (χ1n) is 12.3. The van der Waals surface area contributed by atoms with E-state index < -0.39 is 6.04 Å². The Balaban J connectivity index is 1.39. The summed E-state index contributed by atoms with van der Waals surface area (Å²) in [5.74, 6) is 0.908. The van der Waals surface area contributed by atoms with Gasteiger partial charge in [-0.25, -0.2) is 9.89 Å². The van der Waals surface area contributed by atoms with Crippen LogP contribution in [0.5, 0.6) is 5.75 Å². The summed E-state index contributed by atoms with van der Waals surface area (Å²) in [4.78, 5) is 49.0. The first-order valence-corrected chi connectivity index (χ1v) is 13.3. The highest BCUT2D eigenvalue weighted by molar-refractivity contribution is 8.14. The first-order chi connectivity index (χ1) is 17.9. The van der Waals surface area contributed by atoms with Crippen molar-refractivity contribution < 1.29 is 19.1 Å². The Morgan fingerprint density at radius 2 is 1.89 bits per heavy atom. The van der Waals surface area contributed by atoms with Crippen molar-refractivity contribution in [3.63, 3.8) is 0 Å². The predicted octanol–water partition coefficient (Wildman–Crippen LogP) is 3.40. The average Bonchev–Trinajstić information content (AvgIpc) is 3.26. The van der Waals surface area contributed by atoms with Gasteiger partial charge in [-0.3, -0.25) is 19.4 Å². The fraction of sp³-hybridized carbons (Fsp3) is 0.370. The van der Waals surface area contributed by atoms with Gasteiger partial charge in [-0.15, -0.1) is 0 Å². The molecule has 9 nitrogen and oxygen atoms in total. The number of nitrogens with zero attached hydrogens (tertiary/aromatic N) is 3. The van der Waals surface area contributed by atoms with Crippen molar-refractivity contribution in [3.8, 4) is 5.75 Å². The highest BCUT2D eigenvalue weighted by Gasteiger charge is 2.41. The predicted molar refractivity (Wildman–Crippen MR) is 145 cm³/mol. The molecule has 0 spiro atoms. The molecule has 37 heavy (non-hydrogen) atoms. The third-order valence-electron chi connectivity index (χ3n) is 6.19. The average molecular weight is 522 g/mol. The summed E-state index contributed by atoms with van der Waals surface area (Å²) in [6, 6.07) is 14.3. The lowest BCUT2D eigenvalue weighted by Gasteiger charge is -2.25. The Bertz CT molecular complexity index is 1230. The van der Waals surface area contributed by atoms with Gasteiger partial charge in [-0.1, -0.05) is 43.0 Å². The molecule has 2 aromatic rings. The molecule has 0 saturated heterocycles. The Labute approximate surface area is 220 Å². The number of nitrogens with one attached hydrogen (secondary N) is 2. The van der Waals surface area contributed by atoms with Gasteiger partial charge in [0.2, 0.25) is 11.8 Å². The van der Waals surface area contributed by atoms with Crippen LogP contribution < -0.4 is 15.4 Å². The lowest BCUT2D eigenvalue weighted by molar-refractivity contribution is -0.125. The maximum absolute atomic E-state index is 13.4. The second-order valence-electron chi connectivity index (χ2n) is 8.88. The van der Waals surface area contributed by atoms with Gasteiger partial charge in [0.05, 0.1) is 18.6 Å². The molecular weight excluding hydrogens is 490 g/mol. The second-order valence-corrected chi connectivity index (χ2v) is 9.83. The summed E-state index contributed by atoms with van der Waals surface area (Å²) in [6.07, 6.45) is 1.28. The molecule has 0 saturated carbocycles. The molecule has 194 valence electrons. The largest absolute Gasteiger partial charge is 0.497 e. The Morgan fingerprint density at radius 3 is 2.62 bits per heavy atom. The molecule has 0 unspecified atom stereocenters. The molecule has 2 aliphatic rings. The van der Waals surface area contributed by atoms with Gasteiger partial charge in [0.15, 0.2) is 5.17 Å². The Kier molecular flexibility index (Phi) is 8.60. The lowest BCUT2D eigenvalue weighted by atomic mass is 10.1. The van der Waals surface area contributed by atoms with Crippen molar-refractivity contribution in [2.75, 3.05) is 12.9 Å². The number of aliphatic imine (C=N–C) groups is 2. The van der Waals surface area contributed by atoms with Crippen molar-refractivity contribution in [3.05, 3.63) is 59.7 Å². The molecule has 10 heteroatoms. The van der Waals surface area contributed by atoms with Gasteiger partial charge in [-0.2, -0.15) is 0 Å². The second kappa shape index (κ2) is 12.1. The summed E-state index contributed by atoms with van der Waals surface area (Å²) >= 11 is 1.21. The number of methoxy groups -OCH3 is 1.